The molecule has 13 heavy (non-hydrogen) atoms. The highest BCUT2D eigenvalue weighted by Gasteiger charge is 2.07. The van der Waals surface area contributed by atoms with E-state index in [1.165, 1.54) is 5.56 Å². The fourth-order valence-electron chi connectivity index (χ4n) is 1.03. The SMILES string of the molecule is CC.Cc1cnn(C(C)CO)c1C. The molecule has 1 aromatic heterocycles. The molecule has 0 amide bonds. The van der Waals surface area contributed by atoms with Gasteiger partial charge in [0.25, 0.3) is 0 Å². The molecule has 3 nitrogen and oxygen atoms in total. The Morgan fingerprint density at radius 3 is 2.31 bits per heavy atom. The Labute approximate surface area is 80.4 Å². The van der Waals surface area contributed by atoms with E-state index in [1.54, 1.807) is 0 Å². The first-order chi connectivity index (χ1) is 6.16. The molecule has 1 rings (SSSR count). The molecule has 1 aromatic rings. The second-order valence-electron chi connectivity index (χ2n) is 2.89. The predicted molar refractivity (Wildman–Crippen MR) is 54.8 cm³/mol. The van der Waals surface area contributed by atoms with Crippen LogP contribution in [-0.4, -0.2) is 21.5 Å². The first kappa shape index (κ1) is 12.2. The zero-order chi connectivity index (χ0) is 10.4. The van der Waals surface area contributed by atoms with Crippen LogP contribution in [0.4, 0.5) is 0 Å². The third kappa shape index (κ3) is 2.84. The smallest absolute Gasteiger partial charge is 0.0724 e. The molecule has 0 aliphatic heterocycles. The van der Waals surface area contributed by atoms with Crippen molar-refractivity contribution in [3.05, 3.63) is 17.5 Å². The highest BCUT2D eigenvalue weighted by Crippen LogP contribution is 2.10. The summed E-state index contributed by atoms with van der Waals surface area (Å²) in [6.07, 6.45) is 1.82. The molecule has 0 saturated heterocycles. The number of aliphatic hydroxyl groups excluding tert-OH is 1. The molecule has 0 aliphatic carbocycles. The van der Waals surface area contributed by atoms with Gasteiger partial charge in [-0.2, -0.15) is 5.10 Å². The van der Waals surface area contributed by atoms with Crippen molar-refractivity contribution in [3.8, 4) is 0 Å². The number of aliphatic hydroxyl groups is 1. The van der Waals surface area contributed by atoms with Gasteiger partial charge in [0.15, 0.2) is 0 Å². The number of hydrogen-bond donors (Lipinski definition) is 1. The van der Waals surface area contributed by atoms with Crippen LogP contribution in [-0.2, 0) is 0 Å². The summed E-state index contributed by atoms with van der Waals surface area (Å²) in [7, 11) is 0. The summed E-state index contributed by atoms with van der Waals surface area (Å²) in [4.78, 5) is 0. The minimum Gasteiger partial charge on any atom is -0.394 e. The van der Waals surface area contributed by atoms with Crippen molar-refractivity contribution in [2.45, 2.75) is 40.7 Å². The number of aryl methyl sites for hydroxylation is 1. The van der Waals surface area contributed by atoms with Gasteiger partial charge in [0.05, 0.1) is 18.8 Å². The van der Waals surface area contributed by atoms with E-state index < -0.39 is 0 Å². The zero-order valence-electron chi connectivity index (χ0n) is 9.20. The summed E-state index contributed by atoms with van der Waals surface area (Å²) < 4.78 is 1.84. The summed E-state index contributed by atoms with van der Waals surface area (Å²) in [5.41, 5.74) is 2.30. The van der Waals surface area contributed by atoms with Crippen molar-refractivity contribution in [2.24, 2.45) is 0 Å². The van der Waals surface area contributed by atoms with Crippen molar-refractivity contribution >= 4 is 0 Å². The van der Waals surface area contributed by atoms with E-state index in [0.717, 1.165) is 5.69 Å². The molecule has 0 fully saturated rings. The molecule has 0 aromatic carbocycles. The number of rotatable bonds is 2. The van der Waals surface area contributed by atoms with Gasteiger partial charge in [-0.25, -0.2) is 0 Å². The molecule has 0 radical (unpaired) electrons. The van der Waals surface area contributed by atoms with Gasteiger partial charge in [-0.05, 0) is 26.3 Å². The van der Waals surface area contributed by atoms with E-state index in [0.29, 0.717) is 0 Å². The van der Waals surface area contributed by atoms with Crippen LogP contribution >= 0.6 is 0 Å². The van der Waals surface area contributed by atoms with Crippen LogP contribution < -0.4 is 0 Å². The lowest BCUT2D eigenvalue weighted by molar-refractivity contribution is 0.228. The van der Waals surface area contributed by atoms with Gasteiger partial charge in [0, 0.05) is 5.69 Å². The molecule has 1 N–H and O–H groups in total. The Balaban J connectivity index is 0.000000671. The second kappa shape index (κ2) is 5.75. The van der Waals surface area contributed by atoms with Gasteiger partial charge in [-0.15, -0.1) is 0 Å². The maximum atomic E-state index is 8.86. The summed E-state index contributed by atoms with van der Waals surface area (Å²) in [6.45, 7) is 10.1. The van der Waals surface area contributed by atoms with Crippen molar-refractivity contribution in [1.29, 1.82) is 0 Å². The summed E-state index contributed by atoms with van der Waals surface area (Å²) in [5, 5.41) is 13.0. The van der Waals surface area contributed by atoms with E-state index in [9.17, 15) is 0 Å². The van der Waals surface area contributed by atoms with Crippen LogP contribution in [0, 0.1) is 13.8 Å². The molecule has 0 spiro atoms. The van der Waals surface area contributed by atoms with Crippen molar-refractivity contribution in [1.82, 2.24) is 9.78 Å². The standard InChI is InChI=1S/C8H14N2O.C2H6/c1-6-4-9-10(8(6)3)7(2)5-11;1-2/h4,7,11H,5H2,1-3H3;1-2H3. The van der Waals surface area contributed by atoms with Gasteiger partial charge >= 0.3 is 0 Å². The Kier molecular flexibility index (Phi) is 5.39. The molecule has 1 heterocycles. The molecular weight excluding hydrogens is 164 g/mol. The van der Waals surface area contributed by atoms with Crippen LogP contribution in [0.15, 0.2) is 6.20 Å². The van der Waals surface area contributed by atoms with Crippen LogP contribution in [0.5, 0.6) is 0 Å². The topological polar surface area (TPSA) is 38.0 Å². The van der Waals surface area contributed by atoms with Gasteiger partial charge < -0.3 is 5.11 Å². The van der Waals surface area contributed by atoms with Gasteiger partial charge in [-0.1, -0.05) is 13.8 Å². The summed E-state index contributed by atoms with van der Waals surface area (Å²) in [5.74, 6) is 0. The average Bonchev–Trinajstić information content (AvgIpc) is 2.50. The first-order valence-corrected chi connectivity index (χ1v) is 4.78. The number of hydrogen-bond acceptors (Lipinski definition) is 2. The molecule has 1 unspecified atom stereocenters. The van der Waals surface area contributed by atoms with E-state index in [1.807, 2.05) is 45.5 Å². The summed E-state index contributed by atoms with van der Waals surface area (Å²) >= 11 is 0. The fourth-order valence-corrected chi connectivity index (χ4v) is 1.03. The lowest BCUT2D eigenvalue weighted by atomic mass is 10.3. The van der Waals surface area contributed by atoms with Crippen LogP contribution in [0.1, 0.15) is 38.1 Å². The van der Waals surface area contributed by atoms with E-state index in [4.69, 9.17) is 5.11 Å². The maximum Gasteiger partial charge on any atom is 0.0724 e. The van der Waals surface area contributed by atoms with Crippen LogP contribution in [0.25, 0.3) is 0 Å². The highest BCUT2D eigenvalue weighted by atomic mass is 16.3. The predicted octanol–water partition coefficient (Wildman–Crippen LogP) is 2.08. The average molecular weight is 184 g/mol. The van der Waals surface area contributed by atoms with Crippen LogP contribution in [0.3, 0.4) is 0 Å². The van der Waals surface area contributed by atoms with Gasteiger partial charge in [0.2, 0.25) is 0 Å². The Bertz CT molecular complexity index is 243. The Morgan fingerprint density at radius 2 is 2.00 bits per heavy atom. The molecule has 76 valence electrons. The molecule has 0 bridgehead atoms. The third-order valence-electron chi connectivity index (χ3n) is 1.97. The number of aromatic nitrogens is 2. The van der Waals surface area contributed by atoms with E-state index in [-0.39, 0.29) is 12.6 Å². The van der Waals surface area contributed by atoms with Crippen molar-refractivity contribution < 1.29 is 5.11 Å². The molecule has 3 heteroatoms. The zero-order valence-corrected chi connectivity index (χ0v) is 9.20. The van der Waals surface area contributed by atoms with E-state index in [2.05, 4.69) is 5.10 Å². The highest BCUT2D eigenvalue weighted by molar-refractivity contribution is 5.13. The lowest BCUT2D eigenvalue weighted by Crippen LogP contribution is -2.12. The Hall–Kier alpha value is -0.830. The number of nitrogens with zero attached hydrogens (tertiary/aromatic N) is 2. The maximum absolute atomic E-state index is 8.86. The lowest BCUT2D eigenvalue weighted by Gasteiger charge is -2.10. The minimum atomic E-state index is 0.0868. The largest absolute Gasteiger partial charge is 0.394 e. The van der Waals surface area contributed by atoms with Gasteiger partial charge in [0.1, 0.15) is 0 Å². The molecule has 0 aliphatic rings. The normalized spacial score (nSPS) is 11.8. The van der Waals surface area contributed by atoms with Gasteiger partial charge in [-0.3, -0.25) is 4.68 Å². The quantitative estimate of drug-likeness (QED) is 0.764. The van der Waals surface area contributed by atoms with Crippen molar-refractivity contribution in [3.63, 3.8) is 0 Å². The fraction of sp³-hybridized carbons (Fsp3) is 0.700. The second-order valence-corrected chi connectivity index (χ2v) is 2.89. The Morgan fingerprint density at radius 1 is 1.46 bits per heavy atom. The molecular formula is C10H20N2O. The monoisotopic (exact) mass is 184 g/mol. The van der Waals surface area contributed by atoms with E-state index >= 15 is 0 Å². The van der Waals surface area contributed by atoms with Crippen molar-refractivity contribution in [2.75, 3.05) is 6.61 Å². The van der Waals surface area contributed by atoms with Crippen LogP contribution in [0.2, 0.25) is 0 Å². The third-order valence-corrected chi connectivity index (χ3v) is 1.97. The summed E-state index contributed by atoms with van der Waals surface area (Å²) in [6, 6.07) is 0.0868. The first-order valence-electron chi connectivity index (χ1n) is 4.78. The molecule has 0 saturated carbocycles. The molecule has 1 atom stereocenters. The minimum absolute atomic E-state index is 0.0868.